The van der Waals surface area contributed by atoms with Crippen LogP contribution in [0.25, 0.3) is 0 Å². The Morgan fingerprint density at radius 1 is 1.00 bits per heavy atom. The van der Waals surface area contributed by atoms with Gasteiger partial charge in [-0.15, -0.1) is 10.2 Å². The zero-order chi connectivity index (χ0) is 20.6. The Labute approximate surface area is 166 Å². The average molecular weight is 394 g/mol. The second kappa shape index (κ2) is 9.41. The highest BCUT2D eigenvalue weighted by atomic mass is 19.1. The number of amides is 1. The van der Waals surface area contributed by atoms with Crippen LogP contribution < -0.4 is 10.6 Å². The van der Waals surface area contributed by atoms with Gasteiger partial charge in [0.05, 0.1) is 12.2 Å². The lowest BCUT2D eigenvalue weighted by Gasteiger charge is -2.08. The van der Waals surface area contributed by atoms with Gasteiger partial charge in [-0.3, -0.25) is 4.79 Å². The van der Waals surface area contributed by atoms with Gasteiger partial charge in [0.15, 0.2) is 11.5 Å². The van der Waals surface area contributed by atoms with Crippen LogP contribution in [0.3, 0.4) is 0 Å². The second-order valence-corrected chi connectivity index (χ2v) is 6.00. The fourth-order valence-electron chi connectivity index (χ4n) is 2.48. The van der Waals surface area contributed by atoms with Gasteiger partial charge in [0.1, 0.15) is 5.82 Å². The predicted molar refractivity (Wildman–Crippen MR) is 105 cm³/mol. The van der Waals surface area contributed by atoms with Gasteiger partial charge in [0.2, 0.25) is 0 Å². The number of anilines is 2. The molecule has 8 heteroatoms. The third kappa shape index (κ3) is 5.35. The smallest absolute Gasteiger partial charge is 0.338 e. The lowest BCUT2D eigenvalue weighted by Crippen LogP contribution is -2.24. The molecule has 0 spiro atoms. The Kier molecular flexibility index (Phi) is 6.47. The number of esters is 1. The standard InChI is InChI=1S/C21H19FN4O3/c1-2-29-21(28)14-7-9-16(10-8-14)24-19-12-11-18(25-26-19)20(27)23-13-15-5-3-4-6-17(15)22/h3-12H,2,13H2,1H3,(H,23,27)(H,24,26). The molecular weight excluding hydrogens is 375 g/mol. The molecule has 0 bridgehead atoms. The molecule has 0 aliphatic rings. The van der Waals surface area contributed by atoms with Crippen molar-refractivity contribution in [3.8, 4) is 0 Å². The molecule has 3 rings (SSSR count). The normalized spacial score (nSPS) is 10.3. The summed E-state index contributed by atoms with van der Waals surface area (Å²) in [7, 11) is 0. The minimum atomic E-state index is -0.453. The zero-order valence-electron chi connectivity index (χ0n) is 15.7. The first-order valence-corrected chi connectivity index (χ1v) is 8.96. The number of benzene rings is 2. The Balaban J connectivity index is 1.57. The molecule has 3 aromatic rings. The monoisotopic (exact) mass is 394 g/mol. The highest BCUT2D eigenvalue weighted by molar-refractivity contribution is 5.92. The molecule has 0 aliphatic carbocycles. The molecule has 2 N–H and O–H groups in total. The van der Waals surface area contributed by atoms with E-state index in [1.807, 2.05) is 0 Å². The van der Waals surface area contributed by atoms with Crippen LogP contribution in [0.1, 0.15) is 33.3 Å². The summed E-state index contributed by atoms with van der Waals surface area (Å²) in [5.74, 6) is -0.789. The summed E-state index contributed by atoms with van der Waals surface area (Å²) in [6, 6.07) is 16.0. The topological polar surface area (TPSA) is 93.2 Å². The summed E-state index contributed by atoms with van der Waals surface area (Å²) in [6.07, 6.45) is 0. The quantitative estimate of drug-likeness (QED) is 0.596. The van der Waals surface area contributed by atoms with E-state index in [4.69, 9.17) is 4.74 Å². The molecule has 1 amide bonds. The molecule has 0 fully saturated rings. The van der Waals surface area contributed by atoms with E-state index >= 15 is 0 Å². The first-order valence-electron chi connectivity index (χ1n) is 8.96. The lowest BCUT2D eigenvalue weighted by molar-refractivity contribution is 0.0526. The average Bonchev–Trinajstić information content (AvgIpc) is 2.74. The van der Waals surface area contributed by atoms with E-state index < -0.39 is 5.91 Å². The van der Waals surface area contributed by atoms with Gasteiger partial charge in [-0.1, -0.05) is 18.2 Å². The molecule has 1 aromatic heterocycles. The highest BCUT2D eigenvalue weighted by Gasteiger charge is 2.10. The van der Waals surface area contributed by atoms with Crippen molar-refractivity contribution in [1.82, 2.24) is 15.5 Å². The van der Waals surface area contributed by atoms with Crippen molar-refractivity contribution < 1.29 is 18.7 Å². The second-order valence-electron chi connectivity index (χ2n) is 6.00. The summed E-state index contributed by atoms with van der Waals surface area (Å²) >= 11 is 0. The van der Waals surface area contributed by atoms with Gasteiger partial charge in [0, 0.05) is 17.8 Å². The minimum Gasteiger partial charge on any atom is -0.462 e. The van der Waals surface area contributed by atoms with Crippen LogP contribution in [0.15, 0.2) is 60.7 Å². The molecule has 2 aromatic carbocycles. The van der Waals surface area contributed by atoms with E-state index in [0.717, 1.165) is 0 Å². The van der Waals surface area contributed by atoms with Crippen LogP contribution in [0, 0.1) is 5.82 Å². The maximum absolute atomic E-state index is 13.6. The van der Waals surface area contributed by atoms with Crippen molar-refractivity contribution in [2.75, 3.05) is 11.9 Å². The van der Waals surface area contributed by atoms with E-state index in [1.54, 1.807) is 55.5 Å². The Bertz CT molecular complexity index is 992. The van der Waals surface area contributed by atoms with E-state index in [-0.39, 0.29) is 24.0 Å². The van der Waals surface area contributed by atoms with Crippen molar-refractivity contribution >= 4 is 23.4 Å². The largest absolute Gasteiger partial charge is 0.462 e. The molecule has 1 heterocycles. The van der Waals surface area contributed by atoms with E-state index in [1.165, 1.54) is 12.1 Å². The van der Waals surface area contributed by atoms with Gasteiger partial charge < -0.3 is 15.4 Å². The number of carbonyl (C=O) groups excluding carboxylic acids is 2. The van der Waals surface area contributed by atoms with Gasteiger partial charge in [0.25, 0.3) is 5.91 Å². The lowest BCUT2D eigenvalue weighted by atomic mass is 10.2. The van der Waals surface area contributed by atoms with E-state index in [0.29, 0.717) is 29.2 Å². The number of aromatic nitrogens is 2. The number of ether oxygens (including phenoxy) is 1. The molecule has 29 heavy (non-hydrogen) atoms. The number of nitrogens with one attached hydrogen (secondary N) is 2. The first-order chi connectivity index (χ1) is 14.1. The van der Waals surface area contributed by atoms with Gasteiger partial charge >= 0.3 is 5.97 Å². The minimum absolute atomic E-state index is 0.0556. The highest BCUT2D eigenvalue weighted by Crippen LogP contribution is 2.15. The maximum Gasteiger partial charge on any atom is 0.338 e. The molecule has 0 saturated carbocycles. The van der Waals surface area contributed by atoms with Crippen LogP contribution in [0.5, 0.6) is 0 Å². The third-order valence-corrected chi connectivity index (χ3v) is 3.96. The number of nitrogens with zero attached hydrogens (tertiary/aromatic N) is 2. The Morgan fingerprint density at radius 2 is 1.76 bits per heavy atom. The summed E-state index contributed by atoms with van der Waals surface area (Å²) in [4.78, 5) is 23.8. The van der Waals surface area contributed by atoms with Crippen LogP contribution in [0.2, 0.25) is 0 Å². The van der Waals surface area contributed by atoms with Crippen molar-refractivity contribution in [3.63, 3.8) is 0 Å². The van der Waals surface area contributed by atoms with Gasteiger partial charge in [-0.2, -0.15) is 0 Å². The van der Waals surface area contributed by atoms with Crippen LogP contribution in [-0.4, -0.2) is 28.7 Å². The van der Waals surface area contributed by atoms with E-state index in [2.05, 4.69) is 20.8 Å². The molecule has 0 unspecified atom stereocenters. The summed E-state index contributed by atoms with van der Waals surface area (Å²) in [6.45, 7) is 2.12. The summed E-state index contributed by atoms with van der Waals surface area (Å²) < 4.78 is 18.5. The molecule has 0 aliphatic heterocycles. The van der Waals surface area contributed by atoms with Gasteiger partial charge in [-0.25, -0.2) is 9.18 Å². The third-order valence-electron chi connectivity index (χ3n) is 3.96. The number of rotatable bonds is 7. The summed E-state index contributed by atoms with van der Waals surface area (Å²) in [5, 5.41) is 13.5. The van der Waals surface area contributed by atoms with Crippen LogP contribution >= 0.6 is 0 Å². The molecule has 0 radical (unpaired) electrons. The van der Waals surface area contributed by atoms with Crippen LogP contribution in [0.4, 0.5) is 15.9 Å². The van der Waals surface area contributed by atoms with E-state index in [9.17, 15) is 14.0 Å². The maximum atomic E-state index is 13.6. The fourth-order valence-corrected chi connectivity index (χ4v) is 2.48. The molecule has 0 atom stereocenters. The van der Waals surface area contributed by atoms with Gasteiger partial charge in [-0.05, 0) is 49.4 Å². The number of halogens is 1. The van der Waals surface area contributed by atoms with Crippen molar-refractivity contribution in [3.05, 3.63) is 83.3 Å². The Hall–Kier alpha value is -3.81. The Morgan fingerprint density at radius 3 is 2.41 bits per heavy atom. The SMILES string of the molecule is CCOC(=O)c1ccc(Nc2ccc(C(=O)NCc3ccccc3F)nn2)cc1. The molecule has 148 valence electrons. The molecule has 0 saturated heterocycles. The zero-order valence-corrected chi connectivity index (χ0v) is 15.7. The fraction of sp³-hybridized carbons (Fsp3) is 0.143. The molecular formula is C21H19FN4O3. The van der Waals surface area contributed by atoms with Crippen molar-refractivity contribution in [2.24, 2.45) is 0 Å². The van der Waals surface area contributed by atoms with Crippen LogP contribution in [-0.2, 0) is 11.3 Å². The number of carbonyl (C=O) groups is 2. The predicted octanol–water partition coefficient (Wildman–Crippen LogP) is 3.47. The summed E-state index contributed by atoms with van der Waals surface area (Å²) in [5.41, 5.74) is 1.65. The number of hydrogen-bond donors (Lipinski definition) is 2. The van der Waals surface area contributed by atoms with Crippen molar-refractivity contribution in [2.45, 2.75) is 13.5 Å². The van der Waals surface area contributed by atoms with Crippen molar-refractivity contribution in [1.29, 1.82) is 0 Å². The number of hydrogen-bond acceptors (Lipinski definition) is 6. The molecule has 7 nitrogen and oxygen atoms in total. The first kappa shape index (κ1) is 19.9.